The largest absolute Gasteiger partial charge is 0.392 e. The zero-order valence-electron chi connectivity index (χ0n) is 2.99. The molecule has 0 saturated carbocycles. The molecule has 0 heterocycles. The van der Waals surface area contributed by atoms with Crippen molar-refractivity contribution in [1.82, 2.24) is 0 Å². The van der Waals surface area contributed by atoms with Gasteiger partial charge in [0.25, 0.3) is 0 Å². The van der Waals surface area contributed by atoms with E-state index in [-0.39, 0.29) is 6.61 Å². The van der Waals surface area contributed by atoms with Gasteiger partial charge in [-0.25, -0.2) is 0 Å². The van der Waals surface area contributed by atoms with Crippen molar-refractivity contribution < 1.29 is 5.11 Å². The normalized spacial score (nSPS) is 7.83. The van der Waals surface area contributed by atoms with Crippen molar-refractivity contribution in [3.63, 3.8) is 0 Å². The summed E-state index contributed by atoms with van der Waals surface area (Å²) < 4.78 is 0.789. The van der Waals surface area contributed by atoms with E-state index in [2.05, 4.69) is 31.9 Å². The van der Waals surface area contributed by atoms with Crippen LogP contribution in [0.3, 0.4) is 0 Å². The Hall–Kier alpha value is 0.660. The van der Waals surface area contributed by atoms with Crippen LogP contribution in [0.2, 0.25) is 0 Å². The molecule has 36 valence electrons. The van der Waals surface area contributed by atoms with Crippen molar-refractivity contribution in [2.45, 2.75) is 0 Å². The SMILES string of the molecule is OCC=C(Br)Br. The molecule has 1 nitrogen and oxygen atoms in total. The minimum absolute atomic E-state index is 0.0752. The Labute approximate surface area is 53.3 Å². The molecular formula is C3H4Br2O. The monoisotopic (exact) mass is 214 g/mol. The molecule has 0 aliphatic rings. The summed E-state index contributed by atoms with van der Waals surface area (Å²) in [6.07, 6.45) is 1.60. The summed E-state index contributed by atoms with van der Waals surface area (Å²) in [6.45, 7) is 0.0752. The van der Waals surface area contributed by atoms with Crippen molar-refractivity contribution >= 4 is 31.9 Å². The topological polar surface area (TPSA) is 20.2 Å². The Morgan fingerprint density at radius 2 is 2.17 bits per heavy atom. The summed E-state index contributed by atoms with van der Waals surface area (Å²) in [5.74, 6) is 0. The van der Waals surface area contributed by atoms with Gasteiger partial charge in [-0.2, -0.15) is 0 Å². The van der Waals surface area contributed by atoms with E-state index in [0.717, 1.165) is 3.39 Å². The minimum Gasteiger partial charge on any atom is -0.392 e. The predicted octanol–water partition coefficient (Wildman–Crippen LogP) is 1.61. The van der Waals surface area contributed by atoms with Gasteiger partial charge in [-0.05, 0) is 37.9 Å². The van der Waals surface area contributed by atoms with Gasteiger partial charge in [0.15, 0.2) is 0 Å². The molecule has 0 unspecified atom stereocenters. The maximum atomic E-state index is 8.10. The third-order valence-corrected chi connectivity index (χ3v) is 0.893. The summed E-state index contributed by atoms with van der Waals surface area (Å²) in [5, 5.41) is 8.10. The van der Waals surface area contributed by atoms with E-state index in [9.17, 15) is 0 Å². The lowest BCUT2D eigenvalue weighted by atomic mass is 10.7. The molecule has 0 aromatic carbocycles. The van der Waals surface area contributed by atoms with Crippen LogP contribution in [-0.2, 0) is 0 Å². The summed E-state index contributed by atoms with van der Waals surface area (Å²) in [5.41, 5.74) is 0. The highest BCUT2D eigenvalue weighted by molar-refractivity contribution is 9.28. The molecule has 1 N–H and O–H groups in total. The third-order valence-electron chi connectivity index (χ3n) is 0.246. The minimum atomic E-state index is 0.0752. The highest BCUT2D eigenvalue weighted by Gasteiger charge is 1.73. The van der Waals surface area contributed by atoms with Crippen LogP contribution in [0, 0.1) is 0 Å². The molecule has 0 bridgehead atoms. The third kappa shape index (κ3) is 4.66. The maximum Gasteiger partial charge on any atom is 0.0631 e. The smallest absolute Gasteiger partial charge is 0.0631 e. The first-order valence-electron chi connectivity index (χ1n) is 1.39. The zero-order chi connectivity index (χ0) is 4.99. The Bertz CT molecular complexity index is 55.8. The first-order chi connectivity index (χ1) is 2.77. The molecule has 0 atom stereocenters. The highest BCUT2D eigenvalue weighted by atomic mass is 79.9. The van der Waals surface area contributed by atoms with Gasteiger partial charge < -0.3 is 5.11 Å². The van der Waals surface area contributed by atoms with Crippen LogP contribution < -0.4 is 0 Å². The van der Waals surface area contributed by atoms with Gasteiger partial charge in [-0.15, -0.1) is 0 Å². The van der Waals surface area contributed by atoms with Crippen LogP contribution in [0.5, 0.6) is 0 Å². The molecule has 0 rings (SSSR count). The molecule has 0 fully saturated rings. The molecule has 6 heavy (non-hydrogen) atoms. The average Bonchev–Trinajstić information content (AvgIpc) is 1.35. The van der Waals surface area contributed by atoms with Crippen LogP contribution in [0.1, 0.15) is 0 Å². The molecule has 0 aliphatic carbocycles. The highest BCUT2D eigenvalue weighted by Crippen LogP contribution is 2.10. The lowest BCUT2D eigenvalue weighted by molar-refractivity contribution is 0.343. The first kappa shape index (κ1) is 6.66. The molecule has 0 aromatic rings. The van der Waals surface area contributed by atoms with E-state index in [1.54, 1.807) is 6.08 Å². The van der Waals surface area contributed by atoms with Crippen LogP contribution in [0.4, 0.5) is 0 Å². The van der Waals surface area contributed by atoms with E-state index >= 15 is 0 Å². The second-order valence-electron chi connectivity index (χ2n) is 0.676. The van der Waals surface area contributed by atoms with Gasteiger partial charge in [0.2, 0.25) is 0 Å². The lowest BCUT2D eigenvalue weighted by Gasteiger charge is -1.75. The molecule has 3 heteroatoms. The summed E-state index contributed by atoms with van der Waals surface area (Å²) in [6, 6.07) is 0. The van der Waals surface area contributed by atoms with Crippen LogP contribution >= 0.6 is 31.9 Å². The fourth-order valence-corrected chi connectivity index (χ4v) is 0.359. The van der Waals surface area contributed by atoms with Crippen molar-refractivity contribution in [3.05, 3.63) is 9.47 Å². The van der Waals surface area contributed by atoms with E-state index in [4.69, 9.17) is 5.11 Å². The Kier molecular flexibility index (Phi) is 4.26. The molecule has 0 radical (unpaired) electrons. The van der Waals surface area contributed by atoms with E-state index < -0.39 is 0 Å². The molecule has 0 amide bonds. The molecule has 0 spiro atoms. The zero-order valence-corrected chi connectivity index (χ0v) is 6.16. The van der Waals surface area contributed by atoms with Crippen LogP contribution in [0.15, 0.2) is 9.47 Å². The fraction of sp³-hybridized carbons (Fsp3) is 0.333. The summed E-state index contributed by atoms with van der Waals surface area (Å²) in [7, 11) is 0. The van der Waals surface area contributed by atoms with Crippen molar-refractivity contribution in [1.29, 1.82) is 0 Å². The Morgan fingerprint density at radius 1 is 1.67 bits per heavy atom. The maximum absolute atomic E-state index is 8.10. The van der Waals surface area contributed by atoms with E-state index in [0.29, 0.717) is 0 Å². The Balaban J connectivity index is 3.14. The summed E-state index contributed by atoms with van der Waals surface area (Å²) >= 11 is 6.10. The van der Waals surface area contributed by atoms with Crippen molar-refractivity contribution in [3.8, 4) is 0 Å². The van der Waals surface area contributed by atoms with Gasteiger partial charge in [0, 0.05) is 0 Å². The number of hydrogen-bond acceptors (Lipinski definition) is 1. The number of aliphatic hydroxyl groups excluding tert-OH is 1. The molecule has 0 aliphatic heterocycles. The standard InChI is InChI=1S/C3H4Br2O/c4-3(5)1-2-6/h1,6H,2H2. The lowest BCUT2D eigenvalue weighted by Crippen LogP contribution is -1.67. The van der Waals surface area contributed by atoms with Gasteiger partial charge in [-0.3, -0.25) is 0 Å². The van der Waals surface area contributed by atoms with Crippen LogP contribution in [0.25, 0.3) is 0 Å². The molecule has 0 aromatic heterocycles. The summed E-state index contributed by atoms with van der Waals surface area (Å²) in [4.78, 5) is 0. The van der Waals surface area contributed by atoms with Crippen molar-refractivity contribution in [2.75, 3.05) is 6.61 Å². The molecular weight excluding hydrogens is 212 g/mol. The fourth-order valence-electron chi connectivity index (χ4n) is 0.0690. The van der Waals surface area contributed by atoms with Crippen molar-refractivity contribution in [2.24, 2.45) is 0 Å². The number of aliphatic hydroxyl groups is 1. The second kappa shape index (κ2) is 3.84. The molecule has 0 saturated heterocycles. The van der Waals surface area contributed by atoms with Gasteiger partial charge >= 0.3 is 0 Å². The van der Waals surface area contributed by atoms with Gasteiger partial charge in [0.1, 0.15) is 0 Å². The van der Waals surface area contributed by atoms with Gasteiger partial charge in [-0.1, -0.05) is 0 Å². The quantitative estimate of drug-likeness (QED) is 0.705. The predicted molar refractivity (Wildman–Crippen MR) is 33.0 cm³/mol. The van der Waals surface area contributed by atoms with Gasteiger partial charge in [0.05, 0.1) is 10.00 Å². The number of rotatable bonds is 1. The number of hydrogen-bond donors (Lipinski definition) is 1. The average molecular weight is 216 g/mol. The van der Waals surface area contributed by atoms with Crippen LogP contribution in [-0.4, -0.2) is 11.7 Å². The Morgan fingerprint density at radius 3 is 2.17 bits per heavy atom. The second-order valence-corrected chi connectivity index (χ2v) is 3.45. The van der Waals surface area contributed by atoms with E-state index in [1.807, 2.05) is 0 Å². The number of halogens is 2. The first-order valence-corrected chi connectivity index (χ1v) is 2.98. The van der Waals surface area contributed by atoms with E-state index in [1.165, 1.54) is 0 Å².